The first kappa shape index (κ1) is 28.3. The monoisotopic (exact) mass is 531 g/mol. The molecule has 1 aliphatic heterocycles. The number of amides is 2. The van der Waals surface area contributed by atoms with Gasteiger partial charge in [-0.2, -0.15) is 0 Å². The van der Waals surface area contributed by atoms with E-state index in [0.717, 1.165) is 23.8 Å². The number of carbonyl (C=O) groups excluding carboxylic acids is 2. The van der Waals surface area contributed by atoms with E-state index in [-0.39, 0.29) is 50.6 Å². The minimum Gasteiger partial charge on any atom is -0.454 e. The molecule has 1 heterocycles. The minimum atomic E-state index is -3.61. The second-order valence-electron chi connectivity index (χ2n) is 9.48. The maximum atomic E-state index is 13.4. The maximum Gasteiger partial charge on any atom is 0.242 e. The molecule has 1 aliphatic rings. The lowest BCUT2D eigenvalue weighted by molar-refractivity contribution is -0.140. The third-order valence-electron chi connectivity index (χ3n) is 6.40. The van der Waals surface area contributed by atoms with Crippen molar-refractivity contribution in [1.29, 1.82) is 0 Å². The summed E-state index contributed by atoms with van der Waals surface area (Å²) in [4.78, 5) is 27.9. The molecule has 0 spiro atoms. The number of nitrogens with zero attached hydrogens (tertiary/aromatic N) is 2. The molecule has 2 amide bonds. The lowest BCUT2D eigenvalue weighted by atomic mass is 10.1. The van der Waals surface area contributed by atoms with Gasteiger partial charge in [0.05, 0.1) is 11.9 Å². The van der Waals surface area contributed by atoms with Gasteiger partial charge in [-0.3, -0.25) is 13.9 Å². The Labute approximate surface area is 219 Å². The summed E-state index contributed by atoms with van der Waals surface area (Å²) in [6, 6.07) is 12.1. The average molecular weight is 532 g/mol. The molecular formula is C27H37N3O6S. The number of aryl methyl sites for hydroxylation is 1. The second-order valence-corrected chi connectivity index (χ2v) is 11.4. The van der Waals surface area contributed by atoms with Crippen LogP contribution in [0.4, 0.5) is 5.69 Å². The number of fused-ring (bicyclic) bond motifs is 1. The van der Waals surface area contributed by atoms with Crippen molar-refractivity contribution in [3.63, 3.8) is 0 Å². The van der Waals surface area contributed by atoms with Gasteiger partial charge >= 0.3 is 0 Å². The van der Waals surface area contributed by atoms with E-state index in [4.69, 9.17) is 9.47 Å². The van der Waals surface area contributed by atoms with Gasteiger partial charge in [-0.15, -0.1) is 0 Å². The maximum absolute atomic E-state index is 13.4. The van der Waals surface area contributed by atoms with E-state index in [9.17, 15) is 18.0 Å². The summed E-state index contributed by atoms with van der Waals surface area (Å²) >= 11 is 0. The van der Waals surface area contributed by atoms with Crippen LogP contribution < -0.4 is 19.1 Å². The number of nitrogens with one attached hydrogen (secondary N) is 1. The lowest BCUT2D eigenvalue weighted by Gasteiger charge is -2.30. The molecule has 2 atom stereocenters. The zero-order valence-electron chi connectivity index (χ0n) is 22.2. The Bertz CT molecular complexity index is 1220. The molecule has 37 heavy (non-hydrogen) atoms. The fourth-order valence-corrected chi connectivity index (χ4v) is 5.06. The van der Waals surface area contributed by atoms with Crippen LogP contribution in [0.1, 0.15) is 51.2 Å². The van der Waals surface area contributed by atoms with Gasteiger partial charge in [-0.25, -0.2) is 8.42 Å². The van der Waals surface area contributed by atoms with Crippen molar-refractivity contribution in [3.05, 3.63) is 53.6 Å². The second kappa shape index (κ2) is 12.3. The Kier molecular flexibility index (Phi) is 9.42. The van der Waals surface area contributed by atoms with Crippen molar-refractivity contribution in [2.24, 2.45) is 0 Å². The summed E-state index contributed by atoms with van der Waals surface area (Å²) in [6.45, 7) is 8.09. The van der Waals surface area contributed by atoms with Crippen molar-refractivity contribution < 1.29 is 27.5 Å². The predicted octanol–water partition coefficient (Wildman–Crippen LogP) is 3.60. The van der Waals surface area contributed by atoms with Gasteiger partial charge in [0.25, 0.3) is 0 Å². The van der Waals surface area contributed by atoms with E-state index < -0.39 is 16.1 Å². The van der Waals surface area contributed by atoms with Gasteiger partial charge in [0, 0.05) is 31.6 Å². The number of sulfonamides is 1. The Morgan fingerprint density at radius 3 is 2.49 bits per heavy atom. The number of benzene rings is 2. The normalized spacial score (nSPS) is 14.1. The molecule has 1 N–H and O–H groups in total. The fraction of sp³-hybridized carbons (Fsp3) is 0.481. The predicted molar refractivity (Wildman–Crippen MR) is 143 cm³/mol. The highest BCUT2D eigenvalue weighted by molar-refractivity contribution is 7.92. The number of carbonyl (C=O) groups is 2. The number of anilines is 1. The number of hydrogen-bond donors (Lipinski definition) is 1. The third-order valence-corrected chi connectivity index (χ3v) is 7.59. The van der Waals surface area contributed by atoms with Crippen molar-refractivity contribution in [2.45, 2.75) is 65.6 Å². The van der Waals surface area contributed by atoms with Crippen LogP contribution in [0, 0.1) is 6.92 Å². The smallest absolute Gasteiger partial charge is 0.242 e. The standard InChI is InChI=1S/C27H37N3O6S/c1-6-20(3)28-27(32)21(4)29(17-22-10-7-9-19(2)15-22)26(31)11-8-14-30(37(5,33)34)23-12-13-24-25(16-23)36-18-35-24/h7,9-10,12-13,15-16,20-21H,6,8,11,14,17-18H2,1-5H3,(H,28,32)/t20-,21+/m1/s1. The van der Waals surface area contributed by atoms with Gasteiger partial charge in [0.15, 0.2) is 11.5 Å². The molecule has 9 nitrogen and oxygen atoms in total. The van der Waals surface area contributed by atoms with Crippen LogP contribution in [0.25, 0.3) is 0 Å². The molecule has 0 saturated heterocycles. The van der Waals surface area contributed by atoms with E-state index in [1.54, 1.807) is 30.0 Å². The van der Waals surface area contributed by atoms with Gasteiger partial charge in [0.2, 0.25) is 28.6 Å². The molecular weight excluding hydrogens is 494 g/mol. The van der Waals surface area contributed by atoms with Crippen LogP contribution in [0.5, 0.6) is 11.5 Å². The Balaban J connectivity index is 1.73. The van der Waals surface area contributed by atoms with E-state index in [1.165, 1.54) is 4.31 Å². The Morgan fingerprint density at radius 2 is 1.81 bits per heavy atom. The Morgan fingerprint density at radius 1 is 1.08 bits per heavy atom. The van der Waals surface area contributed by atoms with E-state index in [0.29, 0.717) is 17.2 Å². The van der Waals surface area contributed by atoms with Crippen LogP contribution in [0.2, 0.25) is 0 Å². The highest BCUT2D eigenvalue weighted by atomic mass is 32.2. The van der Waals surface area contributed by atoms with Gasteiger partial charge < -0.3 is 19.7 Å². The summed E-state index contributed by atoms with van der Waals surface area (Å²) in [5, 5.41) is 2.96. The zero-order chi connectivity index (χ0) is 27.2. The summed E-state index contributed by atoms with van der Waals surface area (Å²) in [7, 11) is -3.61. The lowest BCUT2D eigenvalue weighted by Crippen LogP contribution is -2.49. The van der Waals surface area contributed by atoms with Crippen LogP contribution >= 0.6 is 0 Å². The zero-order valence-corrected chi connectivity index (χ0v) is 23.0. The highest BCUT2D eigenvalue weighted by Gasteiger charge is 2.27. The molecule has 0 radical (unpaired) electrons. The van der Waals surface area contributed by atoms with Gasteiger partial charge in [-0.05, 0) is 51.3 Å². The molecule has 2 aromatic carbocycles. The van der Waals surface area contributed by atoms with E-state index in [2.05, 4.69) is 5.32 Å². The SMILES string of the molecule is CC[C@@H](C)NC(=O)[C@H](C)N(Cc1cccc(C)c1)C(=O)CCCN(c1ccc2c(c1)OCO2)S(C)(=O)=O. The molecule has 0 aliphatic carbocycles. The molecule has 0 aromatic heterocycles. The van der Waals surface area contributed by atoms with Crippen molar-refractivity contribution >= 4 is 27.5 Å². The number of ether oxygens (including phenoxy) is 2. The summed E-state index contributed by atoms with van der Waals surface area (Å²) in [5.74, 6) is 0.609. The van der Waals surface area contributed by atoms with Crippen LogP contribution in [0.15, 0.2) is 42.5 Å². The molecule has 2 aromatic rings. The average Bonchev–Trinajstić information content (AvgIpc) is 3.31. The van der Waals surface area contributed by atoms with Crippen LogP contribution in [-0.2, 0) is 26.2 Å². The largest absolute Gasteiger partial charge is 0.454 e. The molecule has 202 valence electrons. The molecule has 10 heteroatoms. The molecule has 0 saturated carbocycles. The minimum absolute atomic E-state index is 0.00380. The van der Waals surface area contributed by atoms with Crippen LogP contribution in [0.3, 0.4) is 0 Å². The van der Waals surface area contributed by atoms with Gasteiger partial charge in [-0.1, -0.05) is 36.8 Å². The van der Waals surface area contributed by atoms with Gasteiger partial charge in [0.1, 0.15) is 6.04 Å². The van der Waals surface area contributed by atoms with Crippen molar-refractivity contribution in [3.8, 4) is 11.5 Å². The summed E-state index contributed by atoms with van der Waals surface area (Å²) in [5.41, 5.74) is 2.43. The molecule has 3 rings (SSSR count). The topological polar surface area (TPSA) is 105 Å². The molecule has 0 bridgehead atoms. The van der Waals surface area contributed by atoms with Crippen molar-refractivity contribution in [1.82, 2.24) is 10.2 Å². The third kappa shape index (κ3) is 7.61. The summed E-state index contributed by atoms with van der Waals surface area (Å²) < 4.78 is 37.1. The van der Waals surface area contributed by atoms with E-state index >= 15 is 0 Å². The molecule has 0 unspecified atom stereocenters. The first-order chi connectivity index (χ1) is 17.5. The quantitative estimate of drug-likeness (QED) is 0.449. The van der Waals surface area contributed by atoms with Crippen molar-refractivity contribution in [2.75, 3.05) is 23.9 Å². The fourth-order valence-electron chi connectivity index (χ4n) is 4.10. The van der Waals surface area contributed by atoms with Crippen LogP contribution in [-0.4, -0.2) is 56.8 Å². The number of rotatable bonds is 12. The molecule has 0 fully saturated rings. The highest BCUT2D eigenvalue weighted by Crippen LogP contribution is 2.36. The Hall–Kier alpha value is -3.27. The first-order valence-corrected chi connectivity index (χ1v) is 14.4. The first-order valence-electron chi connectivity index (χ1n) is 12.5. The summed E-state index contributed by atoms with van der Waals surface area (Å²) in [6.07, 6.45) is 2.28. The number of hydrogen-bond acceptors (Lipinski definition) is 6. The van der Waals surface area contributed by atoms with E-state index in [1.807, 2.05) is 45.0 Å².